The van der Waals surface area contributed by atoms with Crippen LogP contribution >= 0.6 is 0 Å². The normalized spacial score (nSPS) is 9.57. The van der Waals surface area contributed by atoms with Crippen LogP contribution < -0.4 is 0 Å². The Kier molecular flexibility index (Phi) is 8.67. The summed E-state index contributed by atoms with van der Waals surface area (Å²) in [5.41, 5.74) is 0.664. The van der Waals surface area contributed by atoms with E-state index in [1.165, 1.54) is 6.08 Å². The minimum atomic E-state index is -1.32. The standard InChI is InChI=1S/C9H8O3.2GeH4/c10-8(9(11)12)6-7-4-2-1-3-5-7;;/h1-6,10H,(H,11,12);2*1H4. The number of carboxylic acids is 1. The molecule has 0 heterocycles. The molecular formula is C9H16Ge2O3. The minimum absolute atomic E-state index is 0. The van der Waals surface area contributed by atoms with Gasteiger partial charge >= 0.3 is 41.2 Å². The van der Waals surface area contributed by atoms with E-state index in [9.17, 15) is 4.79 Å². The van der Waals surface area contributed by atoms with Gasteiger partial charge in [-0.25, -0.2) is 4.79 Å². The number of hydrogen-bond acceptors (Lipinski definition) is 2. The maximum atomic E-state index is 10.2. The molecule has 78 valence electrons. The summed E-state index contributed by atoms with van der Waals surface area (Å²) >= 11 is 0. The van der Waals surface area contributed by atoms with Crippen molar-refractivity contribution in [2.75, 3.05) is 0 Å². The Hall–Kier alpha value is -0.684. The van der Waals surface area contributed by atoms with E-state index >= 15 is 0 Å². The van der Waals surface area contributed by atoms with Gasteiger partial charge in [0.2, 0.25) is 5.76 Å². The summed E-state index contributed by atoms with van der Waals surface area (Å²) in [6, 6.07) is 8.76. The second-order valence-electron chi connectivity index (χ2n) is 2.25. The fourth-order valence-electron chi connectivity index (χ4n) is 0.769. The van der Waals surface area contributed by atoms with Crippen LogP contribution in [0.25, 0.3) is 6.08 Å². The van der Waals surface area contributed by atoms with Crippen LogP contribution in [-0.4, -0.2) is 51.4 Å². The van der Waals surface area contributed by atoms with Crippen LogP contribution in [0.15, 0.2) is 36.1 Å². The Morgan fingerprint density at radius 2 is 1.57 bits per heavy atom. The molecule has 1 aromatic carbocycles. The van der Waals surface area contributed by atoms with Crippen molar-refractivity contribution in [1.82, 2.24) is 0 Å². The van der Waals surface area contributed by atoms with E-state index in [1.807, 2.05) is 6.07 Å². The zero-order chi connectivity index (χ0) is 8.97. The van der Waals surface area contributed by atoms with Crippen LogP contribution in [0.4, 0.5) is 0 Å². The molecule has 0 aromatic heterocycles. The average molecular weight is 317 g/mol. The molecule has 0 aliphatic heterocycles. The third-order valence-corrected chi connectivity index (χ3v) is 1.32. The van der Waals surface area contributed by atoms with Gasteiger partial charge in [0.25, 0.3) is 0 Å². The van der Waals surface area contributed by atoms with Gasteiger partial charge < -0.3 is 10.2 Å². The molecule has 0 radical (unpaired) electrons. The number of rotatable bonds is 2. The number of carbonyl (C=O) groups is 1. The Labute approximate surface area is 104 Å². The molecule has 0 aliphatic rings. The van der Waals surface area contributed by atoms with Crippen LogP contribution in [0.1, 0.15) is 5.56 Å². The Morgan fingerprint density at radius 1 is 1.07 bits per heavy atom. The van der Waals surface area contributed by atoms with Crippen molar-refractivity contribution in [3.63, 3.8) is 0 Å². The molecular weight excluding hydrogens is 301 g/mol. The van der Waals surface area contributed by atoms with Crippen molar-refractivity contribution < 1.29 is 15.0 Å². The van der Waals surface area contributed by atoms with Crippen molar-refractivity contribution in [2.45, 2.75) is 0 Å². The van der Waals surface area contributed by atoms with Gasteiger partial charge in [-0.15, -0.1) is 0 Å². The summed E-state index contributed by atoms with van der Waals surface area (Å²) < 4.78 is 0. The monoisotopic (exact) mass is 320 g/mol. The van der Waals surface area contributed by atoms with Gasteiger partial charge in [-0.3, -0.25) is 0 Å². The zero-order valence-corrected chi connectivity index (χ0v) is 6.27. The summed E-state index contributed by atoms with van der Waals surface area (Å²) in [4.78, 5) is 10.2. The number of benzene rings is 1. The van der Waals surface area contributed by atoms with Gasteiger partial charge in [0.15, 0.2) is 0 Å². The van der Waals surface area contributed by atoms with Crippen molar-refractivity contribution >= 4 is 47.2 Å². The molecule has 0 amide bonds. The molecule has 14 heavy (non-hydrogen) atoms. The van der Waals surface area contributed by atoms with Crippen LogP contribution in [0, 0.1) is 0 Å². The second kappa shape index (κ2) is 7.69. The third-order valence-electron chi connectivity index (χ3n) is 1.32. The Balaban J connectivity index is 0. The summed E-state index contributed by atoms with van der Waals surface area (Å²) in [5, 5.41) is 17.2. The predicted molar refractivity (Wildman–Crippen MR) is 67.4 cm³/mol. The van der Waals surface area contributed by atoms with Crippen LogP contribution in [0.2, 0.25) is 0 Å². The van der Waals surface area contributed by atoms with Crippen molar-refractivity contribution in [2.24, 2.45) is 0 Å². The zero-order valence-electron chi connectivity index (χ0n) is 6.27. The van der Waals surface area contributed by atoms with E-state index in [0.717, 1.165) is 0 Å². The van der Waals surface area contributed by atoms with E-state index in [-0.39, 0.29) is 35.2 Å². The quantitative estimate of drug-likeness (QED) is 0.408. The van der Waals surface area contributed by atoms with Crippen molar-refractivity contribution in [3.05, 3.63) is 41.7 Å². The molecule has 0 bridgehead atoms. The first-order valence-corrected chi connectivity index (χ1v) is 3.39. The predicted octanol–water partition coefficient (Wildman–Crippen LogP) is -1.23. The molecule has 3 nitrogen and oxygen atoms in total. The van der Waals surface area contributed by atoms with E-state index < -0.39 is 11.7 Å². The van der Waals surface area contributed by atoms with Crippen LogP contribution in [0.5, 0.6) is 0 Å². The van der Waals surface area contributed by atoms with Crippen molar-refractivity contribution in [1.29, 1.82) is 0 Å². The molecule has 0 atom stereocenters. The molecule has 0 unspecified atom stereocenters. The number of aliphatic carboxylic acids is 1. The molecule has 0 aliphatic carbocycles. The molecule has 0 spiro atoms. The molecule has 1 rings (SSSR count). The topological polar surface area (TPSA) is 57.5 Å². The average Bonchev–Trinajstić information content (AvgIpc) is 2.06. The van der Waals surface area contributed by atoms with Crippen LogP contribution in [-0.2, 0) is 4.79 Å². The summed E-state index contributed by atoms with van der Waals surface area (Å²) in [5.74, 6) is -1.97. The fraction of sp³-hybridized carbons (Fsp3) is 0. The molecule has 0 saturated carbocycles. The van der Waals surface area contributed by atoms with Gasteiger partial charge in [-0.2, -0.15) is 0 Å². The second-order valence-corrected chi connectivity index (χ2v) is 2.25. The number of carboxylic acid groups (broad SMARTS) is 1. The summed E-state index contributed by atoms with van der Waals surface area (Å²) in [6.45, 7) is 0. The summed E-state index contributed by atoms with van der Waals surface area (Å²) in [7, 11) is 0. The van der Waals surface area contributed by atoms with E-state index in [0.29, 0.717) is 5.56 Å². The Bertz CT molecular complexity index is 309. The number of aliphatic hydroxyl groups is 1. The first-order chi connectivity index (χ1) is 5.70. The molecule has 0 fully saturated rings. The third kappa shape index (κ3) is 5.13. The first kappa shape index (κ1) is 15.8. The Morgan fingerprint density at radius 3 is 2.00 bits per heavy atom. The van der Waals surface area contributed by atoms with Gasteiger partial charge in [0.05, 0.1) is 0 Å². The molecule has 2 N–H and O–H groups in total. The molecule has 0 saturated heterocycles. The van der Waals surface area contributed by atoms with Gasteiger partial charge in [-0.05, 0) is 11.6 Å². The number of aliphatic hydroxyl groups excluding tert-OH is 1. The molecule has 1 aromatic rings. The summed E-state index contributed by atoms with van der Waals surface area (Å²) in [6.07, 6.45) is 1.20. The van der Waals surface area contributed by atoms with Crippen LogP contribution in [0.3, 0.4) is 0 Å². The van der Waals surface area contributed by atoms with E-state index in [1.54, 1.807) is 24.3 Å². The van der Waals surface area contributed by atoms with Crippen molar-refractivity contribution in [3.8, 4) is 0 Å². The fourth-order valence-corrected chi connectivity index (χ4v) is 0.769. The maximum absolute atomic E-state index is 10.2. The molecule has 5 heteroatoms. The van der Waals surface area contributed by atoms with Gasteiger partial charge in [0.1, 0.15) is 0 Å². The first-order valence-electron chi connectivity index (χ1n) is 3.39. The van der Waals surface area contributed by atoms with Gasteiger partial charge in [-0.1, -0.05) is 30.3 Å². The number of hydrogen-bond donors (Lipinski definition) is 2. The van der Waals surface area contributed by atoms with E-state index in [4.69, 9.17) is 10.2 Å². The van der Waals surface area contributed by atoms with Gasteiger partial charge in [0, 0.05) is 0 Å². The van der Waals surface area contributed by atoms with E-state index in [2.05, 4.69) is 0 Å². The SMILES string of the molecule is O=C(O)C(O)=Cc1ccccc1.[GeH4].[GeH4].